The zero-order chi connectivity index (χ0) is 23.0. The molecular weight excluding hydrogens is 628 g/mol. The summed E-state index contributed by atoms with van der Waals surface area (Å²) < 4.78 is 0.455. The van der Waals surface area contributed by atoms with Gasteiger partial charge in [-0.25, -0.2) is 0 Å². The molecule has 0 aliphatic carbocycles. The summed E-state index contributed by atoms with van der Waals surface area (Å²) in [6.07, 6.45) is 0.516. The van der Waals surface area contributed by atoms with Crippen molar-refractivity contribution in [1.82, 2.24) is 10.6 Å². The number of halogens is 2. The molecule has 166 valence electrons. The fourth-order valence-corrected chi connectivity index (χ4v) is 5.06. The van der Waals surface area contributed by atoms with Crippen LogP contribution in [0.1, 0.15) is 26.3 Å². The summed E-state index contributed by atoms with van der Waals surface area (Å²) >= 11 is 3.56. The predicted molar refractivity (Wildman–Crippen MR) is 123 cm³/mol. The van der Waals surface area contributed by atoms with Gasteiger partial charge in [-0.05, 0) is 57.7 Å². The van der Waals surface area contributed by atoms with E-state index in [4.69, 9.17) is 15.3 Å². The van der Waals surface area contributed by atoms with Crippen LogP contribution in [0.15, 0.2) is 12.0 Å². The molecule has 11 nitrogen and oxygen atoms in total. The van der Waals surface area contributed by atoms with E-state index in [9.17, 15) is 24.6 Å². The third-order valence-electron chi connectivity index (χ3n) is 3.87. The minimum Gasteiger partial charge on any atom is -0.514 e. The minimum atomic E-state index is -0.948. The number of hydrogen-bond donors (Lipinski definition) is 8. The van der Waals surface area contributed by atoms with E-state index in [0.29, 0.717) is 6.26 Å². The Balaban J connectivity index is 3.67. The molecule has 8 N–H and O–H groups in total. The highest BCUT2D eigenvalue weighted by Gasteiger charge is 2.28. The van der Waals surface area contributed by atoms with Crippen molar-refractivity contribution in [1.29, 1.82) is 0 Å². The van der Waals surface area contributed by atoms with Crippen molar-refractivity contribution in [2.24, 2.45) is 0 Å². The first kappa shape index (κ1) is 26.5. The topological polar surface area (TPSA) is 188 Å². The summed E-state index contributed by atoms with van der Waals surface area (Å²) in [4.78, 5) is 37.4. The Morgan fingerprint density at radius 3 is 2.03 bits per heavy atom. The van der Waals surface area contributed by atoms with Crippen molar-refractivity contribution in [3.05, 3.63) is 35.8 Å². The van der Waals surface area contributed by atoms with Crippen molar-refractivity contribution in [2.75, 3.05) is 31.7 Å². The molecule has 0 unspecified atom stereocenters. The minimum absolute atomic E-state index is 0.00869. The summed E-state index contributed by atoms with van der Waals surface area (Å²) in [5, 5.41) is 52.9. The van der Waals surface area contributed by atoms with E-state index in [-0.39, 0.29) is 35.2 Å². The fraction of sp³-hybridized carbons (Fsp3) is 0.353. The molecule has 1 aromatic rings. The monoisotopic (exact) mass is 649 g/mol. The average Bonchev–Trinajstić information content (AvgIpc) is 2.72. The number of carbonyl (C=O) groups excluding carboxylic acids is 3. The number of amides is 3. The Hall–Kier alpha value is -1.53. The number of benzene rings is 1. The summed E-state index contributed by atoms with van der Waals surface area (Å²) in [6.45, 7) is -1.02. The van der Waals surface area contributed by atoms with Crippen LogP contribution in [0.4, 0.5) is 5.69 Å². The van der Waals surface area contributed by atoms with Gasteiger partial charge < -0.3 is 41.5 Å². The van der Waals surface area contributed by atoms with Gasteiger partial charge in [-0.1, -0.05) is 0 Å². The molecule has 0 bridgehead atoms. The molecule has 0 radical (unpaired) electrons. The van der Waals surface area contributed by atoms with E-state index in [1.165, 1.54) is 6.92 Å². The predicted octanol–water partition coefficient (Wildman–Crippen LogP) is -0.660. The van der Waals surface area contributed by atoms with Crippen LogP contribution in [0.25, 0.3) is 0 Å². The normalized spacial score (nSPS) is 11.4. The molecule has 0 aromatic heterocycles. The van der Waals surface area contributed by atoms with Crippen molar-refractivity contribution in [2.45, 2.75) is 13.0 Å². The van der Waals surface area contributed by atoms with E-state index in [1.807, 2.05) is 0 Å². The fourth-order valence-electron chi connectivity index (χ4n) is 2.33. The quantitative estimate of drug-likeness (QED) is 0.128. The molecule has 0 aliphatic rings. The van der Waals surface area contributed by atoms with Crippen molar-refractivity contribution in [3.8, 4) is 0 Å². The molecule has 0 saturated carbocycles. The first-order valence-corrected chi connectivity index (χ1v) is 10.5. The molecule has 1 aromatic carbocycles. The Morgan fingerprint density at radius 2 is 1.57 bits per heavy atom. The van der Waals surface area contributed by atoms with Gasteiger partial charge >= 0.3 is 0 Å². The third kappa shape index (κ3) is 6.24. The molecule has 1 rings (SSSR count). The van der Waals surface area contributed by atoms with Gasteiger partial charge in [0.15, 0.2) is 0 Å². The van der Waals surface area contributed by atoms with Crippen molar-refractivity contribution >= 4 is 68.6 Å². The largest absolute Gasteiger partial charge is 0.514 e. The number of rotatable bonds is 9. The number of anilines is 1. The smallest absolute Gasteiger partial charge is 0.257 e. The molecule has 13 heteroatoms. The second kappa shape index (κ2) is 12.4. The van der Waals surface area contributed by atoms with E-state index in [2.05, 4.69) is 16.0 Å². The molecule has 0 aliphatic heterocycles. The van der Waals surface area contributed by atoms with Crippen LogP contribution in [0.2, 0.25) is 0 Å². The standard InChI is InChI=1S/C17H21I2N3O8/c1-7-11(16(29)20-8(2-23)3-24)13(18)12(17(30)21-9(4-25)5-26)14(19)15(7)22-10(28)6-27/h2,9,23-27H,3-6H2,1H3,(H,20,29)(H,21,30)(H,22,28)/b8-2-. The Labute approximate surface area is 198 Å². The van der Waals surface area contributed by atoms with Crippen LogP contribution in [-0.4, -0.2) is 75.7 Å². The molecule has 0 fully saturated rings. The maximum Gasteiger partial charge on any atom is 0.257 e. The average molecular weight is 649 g/mol. The van der Waals surface area contributed by atoms with Gasteiger partial charge in [0.05, 0.1) is 51.9 Å². The number of carbonyl (C=O) groups is 3. The molecular formula is C17H21I2N3O8. The third-order valence-corrected chi connectivity index (χ3v) is 6.02. The highest BCUT2D eigenvalue weighted by Crippen LogP contribution is 2.34. The zero-order valence-electron chi connectivity index (χ0n) is 15.7. The lowest BCUT2D eigenvalue weighted by atomic mass is 10.0. The zero-order valence-corrected chi connectivity index (χ0v) is 20.0. The van der Waals surface area contributed by atoms with Crippen molar-refractivity contribution in [3.63, 3.8) is 0 Å². The second-order valence-corrected chi connectivity index (χ2v) is 8.04. The molecule has 3 amide bonds. The molecule has 0 atom stereocenters. The lowest BCUT2D eigenvalue weighted by Crippen LogP contribution is -2.41. The van der Waals surface area contributed by atoms with Gasteiger partial charge in [-0.2, -0.15) is 0 Å². The summed E-state index contributed by atoms with van der Waals surface area (Å²) in [5.41, 5.74) is 0.155. The van der Waals surface area contributed by atoms with Crippen LogP contribution in [0.5, 0.6) is 0 Å². The first-order chi connectivity index (χ1) is 14.2. The molecule has 30 heavy (non-hydrogen) atoms. The van der Waals surface area contributed by atoms with E-state index < -0.39 is 50.2 Å². The second-order valence-electron chi connectivity index (χ2n) is 5.89. The summed E-state index contributed by atoms with van der Waals surface area (Å²) in [5.74, 6) is -2.26. The summed E-state index contributed by atoms with van der Waals surface area (Å²) in [6, 6.07) is -0.948. The van der Waals surface area contributed by atoms with Crippen LogP contribution in [0, 0.1) is 14.1 Å². The number of aliphatic hydroxyl groups is 5. The lowest BCUT2D eigenvalue weighted by Gasteiger charge is -2.21. The first-order valence-electron chi connectivity index (χ1n) is 8.36. The summed E-state index contributed by atoms with van der Waals surface area (Å²) in [7, 11) is 0. The van der Waals surface area contributed by atoms with Crippen molar-refractivity contribution < 1.29 is 39.9 Å². The molecule has 0 heterocycles. The Morgan fingerprint density at radius 1 is 0.967 bits per heavy atom. The van der Waals surface area contributed by atoms with E-state index in [0.717, 1.165) is 0 Å². The highest BCUT2D eigenvalue weighted by molar-refractivity contribution is 14.1. The SMILES string of the molecule is Cc1c(NC(=O)CO)c(I)c(C(=O)NC(CO)CO)c(I)c1C(=O)N/C(=C\O)CO. The molecule has 0 spiro atoms. The number of hydrogen-bond acceptors (Lipinski definition) is 8. The van der Waals surface area contributed by atoms with Crippen LogP contribution in [-0.2, 0) is 4.79 Å². The van der Waals surface area contributed by atoms with Gasteiger partial charge in [0.25, 0.3) is 11.8 Å². The lowest BCUT2D eigenvalue weighted by molar-refractivity contribution is -0.118. The van der Waals surface area contributed by atoms with E-state index in [1.54, 1.807) is 45.2 Å². The Kier molecular flexibility index (Phi) is 10.9. The van der Waals surface area contributed by atoms with Crippen LogP contribution < -0.4 is 16.0 Å². The molecule has 0 saturated heterocycles. The maximum atomic E-state index is 12.8. The maximum absolute atomic E-state index is 12.8. The van der Waals surface area contributed by atoms with Crippen LogP contribution >= 0.6 is 45.2 Å². The van der Waals surface area contributed by atoms with Gasteiger partial charge in [-0.15, -0.1) is 0 Å². The Bertz CT molecular complexity index is 856. The van der Waals surface area contributed by atoms with Gasteiger partial charge in [0.1, 0.15) is 12.9 Å². The van der Waals surface area contributed by atoms with Gasteiger partial charge in [0, 0.05) is 3.57 Å². The highest BCUT2D eigenvalue weighted by atomic mass is 127. The van der Waals surface area contributed by atoms with E-state index >= 15 is 0 Å². The van der Waals surface area contributed by atoms with Crippen LogP contribution in [0.3, 0.4) is 0 Å². The number of aliphatic hydroxyl groups excluding tert-OH is 5. The number of nitrogens with one attached hydrogen (secondary N) is 3. The van der Waals surface area contributed by atoms with Gasteiger partial charge in [-0.3, -0.25) is 14.4 Å². The van der Waals surface area contributed by atoms with Gasteiger partial charge in [0.2, 0.25) is 5.91 Å².